The average molecular weight is 386 g/mol. The van der Waals surface area contributed by atoms with Gasteiger partial charge in [-0.05, 0) is 35.9 Å². The average Bonchev–Trinajstić information content (AvgIpc) is 2.90. The number of carbonyl (C=O) groups excluding carboxylic acids is 1. The number of hydrogen-bond donors (Lipinski definition) is 1. The van der Waals surface area contributed by atoms with Crippen molar-refractivity contribution >= 4 is 51.9 Å². The Hall–Kier alpha value is -2.84. The molecule has 1 N–H and O–H groups in total. The first-order chi connectivity index (χ1) is 12.4. The minimum atomic E-state index is -1.09. The van der Waals surface area contributed by atoms with E-state index in [9.17, 15) is 14.7 Å². The Balaban J connectivity index is 1.94. The van der Waals surface area contributed by atoms with E-state index in [2.05, 4.69) is 0 Å². The fourth-order valence-electron chi connectivity index (χ4n) is 2.39. The van der Waals surface area contributed by atoms with Crippen molar-refractivity contribution in [3.8, 4) is 11.5 Å². The normalized spacial score (nSPS) is 15.6. The van der Waals surface area contributed by atoms with Crippen LogP contribution in [0.3, 0.4) is 0 Å². The molecule has 0 saturated carbocycles. The highest BCUT2D eigenvalue weighted by Crippen LogP contribution is 2.37. The topological polar surface area (TPSA) is 89.9 Å². The molecule has 0 bridgehead atoms. The van der Waals surface area contributed by atoms with Crippen LogP contribution in [0.4, 0.5) is 5.69 Å². The smallest absolute Gasteiger partial charge is 0.335 e. The Morgan fingerprint density at radius 1 is 1.31 bits per heavy atom. The molecule has 0 spiro atoms. The highest BCUT2D eigenvalue weighted by molar-refractivity contribution is 8.27. The minimum absolute atomic E-state index is 0.0660. The fraction of sp³-hybridized carbons (Fsp3) is 0.0556. The summed E-state index contributed by atoms with van der Waals surface area (Å²) in [7, 11) is 1.40. The maximum absolute atomic E-state index is 12.7. The van der Waals surface area contributed by atoms with Crippen LogP contribution in [0, 0.1) is 0 Å². The summed E-state index contributed by atoms with van der Waals surface area (Å²) in [6.07, 6.45) is 1.61. The van der Waals surface area contributed by atoms with Gasteiger partial charge in [-0.15, -0.1) is 0 Å². The third-order valence-electron chi connectivity index (χ3n) is 3.63. The number of amides is 1. The monoisotopic (exact) mass is 386 g/mol. The molecule has 0 aromatic heterocycles. The van der Waals surface area contributed by atoms with E-state index in [0.29, 0.717) is 20.5 Å². The molecule has 26 heavy (non-hydrogen) atoms. The maximum atomic E-state index is 12.7. The quantitative estimate of drug-likeness (QED) is 0.638. The minimum Gasteiger partial charge on any atom is -0.870 e. The molecule has 1 amide bonds. The van der Waals surface area contributed by atoms with Crippen molar-refractivity contribution in [1.29, 1.82) is 0 Å². The van der Waals surface area contributed by atoms with Gasteiger partial charge in [-0.2, -0.15) is 0 Å². The number of carboxylic acids is 1. The molecule has 2 aromatic carbocycles. The van der Waals surface area contributed by atoms with E-state index in [0.717, 1.165) is 11.8 Å². The zero-order chi connectivity index (χ0) is 18.8. The number of thiocarbonyl (C=S) groups is 1. The Bertz CT molecular complexity index is 954. The molecule has 1 saturated heterocycles. The van der Waals surface area contributed by atoms with Crippen molar-refractivity contribution in [1.82, 2.24) is 0 Å². The predicted molar refractivity (Wildman–Crippen MR) is 101 cm³/mol. The molecular weight excluding hydrogens is 374 g/mol. The van der Waals surface area contributed by atoms with Gasteiger partial charge in [0, 0.05) is 0 Å². The molecule has 1 aliphatic heterocycles. The van der Waals surface area contributed by atoms with Crippen LogP contribution in [0.15, 0.2) is 47.4 Å². The van der Waals surface area contributed by atoms with Gasteiger partial charge in [-0.1, -0.05) is 47.9 Å². The lowest BCUT2D eigenvalue weighted by atomic mass is 10.1. The number of thioether (sulfide) groups is 1. The fourth-order valence-corrected chi connectivity index (χ4v) is 3.69. The van der Waals surface area contributed by atoms with Crippen LogP contribution >= 0.6 is 24.0 Å². The summed E-state index contributed by atoms with van der Waals surface area (Å²) in [5.74, 6) is -1.50. The van der Waals surface area contributed by atoms with Gasteiger partial charge in [0.2, 0.25) is 0 Å². The predicted octanol–water partition coefficient (Wildman–Crippen LogP) is 2.87. The number of rotatable bonds is 4. The number of carbonyl (C=O) groups is 2. The molecule has 3 rings (SSSR count). The summed E-state index contributed by atoms with van der Waals surface area (Å²) in [6.45, 7) is 0. The first-order valence-electron chi connectivity index (χ1n) is 7.37. The van der Waals surface area contributed by atoms with Crippen molar-refractivity contribution in [3.05, 3.63) is 58.5 Å². The van der Waals surface area contributed by atoms with Crippen molar-refractivity contribution in [2.45, 2.75) is 0 Å². The molecule has 6 nitrogen and oxygen atoms in total. The molecule has 1 aliphatic rings. The van der Waals surface area contributed by atoms with Gasteiger partial charge in [0.15, 0.2) is 4.32 Å². The molecule has 0 radical (unpaired) electrons. The first kappa shape index (κ1) is 18.0. The van der Waals surface area contributed by atoms with Crippen molar-refractivity contribution in [2.24, 2.45) is 0 Å². The van der Waals surface area contributed by atoms with Gasteiger partial charge in [0.1, 0.15) is 5.75 Å². The van der Waals surface area contributed by atoms with Gasteiger partial charge < -0.3 is 14.9 Å². The van der Waals surface area contributed by atoms with E-state index in [1.807, 2.05) is 0 Å². The van der Waals surface area contributed by atoms with E-state index in [1.54, 1.807) is 30.3 Å². The number of hydrogen-bond acceptors (Lipinski definition) is 6. The lowest BCUT2D eigenvalue weighted by molar-refractivity contribution is -0.270. The van der Waals surface area contributed by atoms with Crippen LogP contribution in [-0.4, -0.2) is 28.4 Å². The van der Waals surface area contributed by atoms with Crippen LogP contribution < -0.4 is 14.7 Å². The van der Waals surface area contributed by atoms with Gasteiger partial charge in [0.25, 0.3) is 5.91 Å². The molecule has 132 valence electrons. The molecule has 0 aliphatic carbocycles. The number of carboxylic acid groups (broad SMARTS) is 1. The first-order valence-corrected chi connectivity index (χ1v) is 8.59. The molecule has 2 aromatic rings. The lowest BCUT2D eigenvalue weighted by Crippen LogP contribution is -2.27. The van der Waals surface area contributed by atoms with Crippen molar-refractivity contribution in [2.75, 3.05) is 12.0 Å². The molecule has 0 atom stereocenters. The third-order valence-corrected chi connectivity index (χ3v) is 4.93. The Morgan fingerprint density at radius 3 is 2.77 bits per heavy atom. The highest BCUT2D eigenvalue weighted by atomic mass is 32.2. The summed E-state index contributed by atoms with van der Waals surface area (Å²) in [5.41, 5.74) is 1.08. The van der Waals surface area contributed by atoms with E-state index < -0.39 is 5.97 Å². The van der Waals surface area contributed by atoms with E-state index >= 15 is 0 Å². The Labute approximate surface area is 158 Å². The lowest BCUT2D eigenvalue weighted by Gasteiger charge is -2.15. The molecule has 8 heteroatoms. The zero-order valence-electron chi connectivity index (χ0n) is 13.5. The second-order valence-electron chi connectivity index (χ2n) is 5.28. The Morgan fingerprint density at radius 2 is 2.08 bits per heavy atom. The van der Waals surface area contributed by atoms with Crippen molar-refractivity contribution in [3.63, 3.8) is 0 Å². The highest BCUT2D eigenvalue weighted by Gasteiger charge is 2.33. The second-order valence-corrected chi connectivity index (χ2v) is 6.96. The molecular formula is C18H12NO5S2-. The number of ether oxygens (including phenoxy) is 1. The van der Waals surface area contributed by atoms with Gasteiger partial charge in [0.05, 0.1) is 23.3 Å². The van der Waals surface area contributed by atoms with E-state index in [4.69, 9.17) is 22.1 Å². The van der Waals surface area contributed by atoms with Crippen LogP contribution in [0.2, 0.25) is 0 Å². The maximum Gasteiger partial charge on any atom is 0.335 e. The number of benzene rings is 2. The molecule has 0 unspecified atom stereocenters. The number of methoxy groups -OCH3 is 1. The van der Waals surface area contributed by atoms with Crippen LogP contribution in [-0.2, 0) is 4.79 Å². The Kier molecular flexibility index (Phi) is 4.97. The summed E-state index contributed by atoms with van der Waals surface area (Å²) < 4.78 is 5.30. The van der Waals surface area contributed by atoms with E-state index in [-0.39, 0.29) is 23.0 Å². The summed E-state index contributed by atoms with van der Waals surface area (Å²) in [6, 6.07) is 10.5. The summed E-state index contributed by atoms with van der Waals surface area (Å²) >= 11 is 6.38. The number of nitrogens with zero attached hydrogens (tertiary/aromatic N) is 1. The van der Waals surface area contributed by atoms with Crippen molar-refractivity contribution < 1.29 is 24.5 Å². The second kappa shape index (κ2) is 7.19. The van der Waals surface area contributed by atoms with Crippen LogP contribution in [0.1, 0.15) is 15.9 Å². The summed E-state index contributed by atoms with van der Waals surface area (Å²) in [4.78, 5) is 25.5. The summed E-state index contributed by atoms with van der Waals surface area (Å²) in [5, 5.41) is 20.7. The number of aromatic carboxylic acids is 1. The van der Waals surface area contributed by atoms with Gasteiger partial charge in [-0.3, -0.25) is 9.69 Å². The SMILES string of the molecule is COc1cc(/C=C2\SC(=S)N(c3cccc(C(=O)O)c3)C2=O)ccc1[O-]. The molecule has 1 fully saturated rings. The largest absolute Gasteiger partial charge is 0.870 e. The zero-order valence-corrected chi connectivity index (χ0v) is 15.1. The van der Waals surface area contributed by atoms with Crippen LogP contribution in [0.5, 0.6) is 11.5 Å². The van der Waals surface area contributed by atoms with Gasteiger partial charge in [-0.25, -0.2) is 4.79 Å². The van der Waals surface area contributed by atoms with Gasteiger partial charge >= 0.3 is 5.97 Å². The number of anilines is 1. The molecule has 1 heterocycles. The van der Waals surface area contributed by atoms with Crippen LogP contribution in [0.25, 0.3) is 6.08 Å². The standard InChI is InChI=1S/C18H13NO5S2/c1-24-14-7-10(5-6-13(14)20)8-15-16(21)19(18(25)26-15)12-4-2-3-11(9-12)17(22)23/h2-9,20H,1H3,(H,22,23)/p-1/b15-8-. The van der Waals surface area contributed by atoms with E-state index in [1.165, 1.54) is 30.2 Å². The third kappa shape index (κ3) is 3.42.